The number of likely N-dealkylation sites (tertiary alicyclic amines) is 1. The molecule has 31 heavy (non-hydrogen) atoms. The van der Waals surface area contributed by atoms with Gasteiger partial charge in [0.1, 0.15) is 17.5 Å². The van der Waals surface area contributed by atoms with Crippen molar-refractivity contribution in [3.8, 4) is 17.3 Å². The molecule has 2 N–H and O–H groups in total. The molecule has 9 nitrogen and oxygen atoms in total. The summed E-state index contributed by atoms with van der Waals surface area (Å²) in [4.78, 5) is 20.8. The first-order chi connectivity index (χ1) is 15.0. The Morgan fingerprint density at radius 2 is 2.00 bits per heavy atom. The topological polar surface area (TPSA) is 108 Å². The largest absolute Gasteiger partial charge is 0.472 e. The van der Waals surface area contributed by atoms with Gasteiger partial charge in [-0.15, -0.1) is 0 Å². The number of nitrogens with zero attached hydrogens (tertiary/aromatic N) is 5. The molecule has 2 atom stereocenters. The van der Waals surface area contributed by atoms with Crippen molar-refractivity contribution in [3.05, 3.63) is 54.5 Å². The number of carbonyl (C=O) groups is 1. The van der Waals surface area contributed by atoms with Gasteiger partial charge in [-0.05, 0) is 38.0 Å². The van der Waals surface area contributed by atoms with Crippen LogP contribution in [0.4, 0.5) is 10.1 Å². The number of ether oxygens (including phenoxy) is 2. The van der Waals surface area contributed by atoms with E-state index in [4.69, 9.17) is 15.2 Å². The lowest BCUT2D eigenvalue weighted by atomic mass is 9.99. The standard InChI is InChI=1S/C21H23FN6O3/c1-14-2-3-17(31-20-10-15(23)6-7-24-20)12-27(14)21(29)18-5-4-16(30-13-22)11-19(18)28-25-8-9-26-28/h4-11,14,17H,2-3,12-13H2,1H3,(H2,23,24). The summed E-state index contributed by atoms with van der Waals surface area (Å²) in [5.74, 6) is 0.522. The van der Waals surface area contributed by atoms with Crippen molar-refractivity contribution in [3.63, 3.8) is 0 Å². The Kier molecular flexibility index (Phi) is 5.96. The molecule has 4 rings (SSSR count). The number of benzene rings is 1. The van der Waals surface area contributed by atoms with E-state index in [9.17, 15) is 9.18 Å². The summed E-state index contributed by atoms with van der Waals surface area (Å²) >= 11 is 0. The summed E-state index contributed by atoms with van der Waals surface area (Å²) in [6.07, 6.45) is 5.94. The van der Waals surface area contributed by atoms with Crippen molar-refractivity contribution >= 4 is 11.6 Å². The third-order valence-electron chi connectivity index (χ3n) is 5.20. The van der Waals surface area contributed by atoms with E-state index >= 15 is 0 Å². The van der Waals surface area contributed by atoms with E-state index in [1.165, 1.54) is 17.2 Å². The first-order valence-electron chi connectivity index (χ1n) is 9.94. The lowest BCUT2D eigenvalue weighted by molar-refractivity contribution is 0.0373. The molecule has 1 aromatic carbocycles. The zero-order valence-electron chi connectivity index (χ0n) is 17.0. The second kappa shape index (κ2) is 8.99. The monoisotopic (exact) mass is 426 g/mol. The number of nitrogen functional groups attached to an aromatic ring is 1. The van der Waals surface area contributed by atoms with Gasteiger partial charge >= 0.3 is 0 Å². The van der Waals surface area contributed by atoms with Gasteiger partial charge < -0.3 is 20.1 Å². The van der Waals surface area contributed by atoms with Crippen LogP contribution in [0.5, 0.6) is 11.6 Å². The summed E-state index contributed by atoms with van der Waals surface area (Å²) < 4.78 is 23.6. The second-order valence-corrected chi connectivity index (χ2v) is 7.30. The zero-order chi connectivity index (χ0) is 21.8. The molecule has 1 saturated heterocycles. The van der Waals surface area contributed by atoms with Gasteiger partial charge in [0, 0.05) is 30.1 Å². The number of halogens is 1. The summed E-state index contributed by atoms with van der Waals surface area (Å²) in [5, 5.41) is 8.23. The summed E-state index contributed by atoms with van der Waals surface area (Å²) in [7, 11) is 0. The highest BCUT2D eigenvalue weighted by molar-refractivity contribution is 5.98. The molecule has 0 saturated carbocycles. The van der Waals surface area contributed by atoms with Crippen LogP contribution in [0.15, 0.2) is 48.9 Å². The van der Waals surface area contributed by atoms with Crippen LogP contribution in [0.2, 0.25) is 0 Å². The molecule has 2 unspecified atom stereocenters. The van der Waals surface area contributed by atoms with Gasteiger partial charge in [0.05, 0.1) is 24.5 Å². The van der Waals surface area contributed by atoms with Crippen LogP contribution < -0.4 is 15.2 Å². The summed E-state index contributed by atoms with van der Waals surface area (Å²) in [5.41, 5.74) is 7.16. The Morgan fingerprint density at radius 3 is 2.74 bits per heavy atom. The Bertz CT molecular complexity index is 1050. The van der Waals surface area contributed by atoms with Gasteiger partial charge in [-0.25, -0.2) is 9.37 Å². The fraction of sp³-hybridized carbons (Fsp3) is 0.333. The van der Waals surface area contributed by atoms with Crippen molar-refractivity contribution in [2.24, 2.45) is 0 Å². The maximum atomic E-state index is 13.5. The molecule has 3 heterocycles. The van der Waals surface area contributed by atoms with Gasteiger partial charge in [0.25, 0.3) is 5.91 Å². The van der Waals surface area contributed by atoms with Crippen LogP contribution in [0.1, 0.15) is 30.1 Å². The smallest absolute Gasteiger partial charge is 0.256 e. The molecule has 2 aromatic heterocycles. The van der Waals surface area contributed by atoms with Crippen LogP contribution >= 0.6 is 0 Å². The molecule has 0 bridgehead atoms. The van der Waals surface area contributed by atoms with E-state index in [1.807, 2.05) is 6.92 Å². The second-order valence-electron chi connectivity index (χ2n) is 7.30. The van der Waals surface area contributed by atoms with E-state index < -0.39 is 6.86 Å². The van der Waals surface area contributed by atoms with E-state index in [-0.39, 0.29) is 23.8 Å². The average molecular weight is 426 g/mol. The third-order valence-corrected chi connectivity index (χ3v) is 5.20. The van der Waals surface area contributed by atoms with Gasteiger partial charge in [0.2, 0.25) is 12.7 Å². The molecule has 1 amide bonds. The Labute approximate surface area is 178 Å². The van der Waals surface area contributed by atoms with Gasteiger partial charge in [-0.3, -0.25) is 4.79 Å². The molecule has 0 spiro atoms. The Morgan fingerprint density at radius 1 is 1.19 bits per heavy atom. The van der Waals surface area contributed by atoms with E-state index in [2.05, 4.69) is 15.2 Å². The lowest BCUT2D eigenvalue weighted by Gasteiger charge is -2.38. The molecular formula is C21H23FN6O3. The number of piperidine rings is 1. The Hall–Kier alpha value is -3.69. The predicted molar refractivity (Wildman–Crippen MR) is 111 cm³/mol. The van der Waals surface area contributed by atoms with Gasteiger partial charge in [-0.1, -0.05) is 0 Å². The number of pyridine rings is 1. The third kappa shape index (κ3) is 4.57. The van der Waals surface area contributed by atoms with Crippen molar-refractivity contribution < 1.29 is 18.7 Å². The van der Waals surface area contributed by atoms with Gasteiger partial charge in [-0.2, -0.15) is 15.0 Å². The van der Waals surface area contributed by atoms with Crippen molar-refractivity contribution in [2.45, 2.75) is 31.9 Å². The first kappa shape index (κ1) is 20.6. The van der Waals surface area contributed by atoms with Crippen molar-refractivity contribution in [1.82, 2.24) is 24.9 Å². The minimum absolute atomic E-state index is 0.0151. The number of hydrogen-bond donors (Lipinski definition) is 1. The molecule has 3 aromatic rings. The van der Waals surface area contributed by atoms with Crippen LogP contribution in [-0.4, -0.2) is 56.3 Å². The maximum absolute atomic E-state index is 13.5. The number of nitrogens with two attached hydrogens (primary N) is 1. The van der Waals surface area contributed by atoms with Gasteiger partial charge in [0.15, 0.2) is 0 Å². The van der Waals surface area contributed by atoms with E-state index in [1.54, 1.807) is 41.4 Å². The SMILES string of the molecule is CC1CCC(Oc2cc(N)ccn2)CN1C(=O)c1ccc(OCF)cc1-n1nccn1. The molecule has 162 valence electrons. The van der Waals surface area contributed by atoms with E-state index in [0.29, 0.717) is 29.4 Å². The molecule has 10 heteroatoms. The molecular weight excluding hydrogens is 403 g/mol. The number of rotatable bonds is 6. The highest BCUT2D eigenvalue weighted by Crippen LogP contribution is 2.27. The minimum atomic E-state index is -0.973. The molecule has 1 aliphatic heterocycles. The summed E-state index contributed by atoms with van der Waals surface area (Å²) in [6, 6.07) is 8.07. The van der Waals surface area contributed by atoms with Crippen LogP contribution in [-0.2, 0) is 0 Å². The van der Waals surface area contributed by atoms with Crippen LogP contribution in [0, 0.1) is 0 Å². The van der Waals surface area contributed by atoms with E-state index in [0.717, 1.165) is 12.8 Å². The fourth-order valence-corrected chi connectivity index (χ4v) is 3.62. The number of amides is 1. The first-order valence-corrected chi connectivity index (χ1v) is 9.94. The molecule has 0 radical (unpaired) electrons. The van der Waals surface area contributed by atoms with Crippen LogP contribution in [0.3, 0.4) is 0 Å². The molecule has 0 aliphatic carbocycles. The predicted octanol–water partition coefficient (Wildman–Crippen LogP) is 2.62. The number of aromatic nitrogens is 4. The Balaban J connectivity index is 1.59. The molecule has 1 aliphatic rings. The minimum Gasteiger partial charge on any atom is -0.472 e. The molecule has 1 fully saturated rings. The maximum Gasteiger partial charge on any atom is 0.256 e. The lowest BCUT2D eigenvalue weighted by Crippen LogP contribution is -2.49. The van der Waals surface area contributed by atoms with Crippen molar-refractivity contribution in [2.75, 3.05) is 19.1 Å². The quantitative estimate of drug-likeness (QED) is 0.645. The average Bonchev–Trinajstić information content (AvgIpc) is 3.30. The van der Waals surface area contributed by atoms with Crippen LogP contribution in [0.25, 0.3) is 5.69 Å². The fourth-order valence-electron chi connectivity index (χ4n) is 3.62. The number of hydrogen-bond acceptors (Lipinski definition) is 7. The number of carbonyl (C=O) groups excluding carboxylic acids is 1. The highest BCUT2D eigenvalue weighted by Gasteiger charge is 2.32. The normalized spacial score (nSPS) is 18.6. The summed E-state index contributed by atoms with van der Waals surface area (Å²) in [6.45, 7) is 1.42. The number of anilines is 1. The zero-order valence-corrected chi connectivity index (χ0v) is 17.0. The number of alkyl halides is 1. The highest BCUT2D eigenvalue weighted by atomic mass is 19.1. The van der Waals surface area contributed by atoms with Crippen molar-refractivity contribution in [1.29, 1.82) is 0 Å².